The highest BCUT2D eigenvalue weighted by Gasteiger charge is 2.23. The average Bonchev–Trinajstić information content (AvgIpc) is 3.73. The van der Waals surface area contributed by atoms with Crippen molar-refractivity contribution in [1.82, 2.24) is 29.0 Å². The summed E-state index contributed by atoms with van der Waals surface area (Å²) in [5.41, 5.74) is 5.84. The van der Waals surface area contributed by atoms with E-state index in [0.717, 1.165) is 31.4 Å². The number of sulfonamides is 1. The van der Waals surface area contributed by atoms with Gasteiger partial charge in [-0.15, -0.1) is 15.3 Å². The third-order valence-electron chi connectivity index (χ3n) is 8.39. The Morgan fingerprint density at radius 1 is 0.944 bits per heavy atom. The molecule has 0 aliphatic rings. The number of ether oxygens (including phenoxy) is 2. The topological polar surface area (TPSA) is 197 Å². The monoisotopic (exact) mass is 774 g/mol. The Labute approximate surface area is 319 Å². The number of nitrogens with zero attached hydrogens (tertiary/aromatic N) is 9. The third kappa shape index (κ3) is 9.00. The lowest BCUT2D eigenvalue weighted by Gasteiger charge is -2.17. The van der Waals surface area contributed by atoms with E-state index in [4.69, 9.17) is 29.5 Å². The van der Waals surface area contributed by atoms with E-state index in [1.165, 1.54) is 31.5 Å². The molecule has 286 valence electrons. The Bertz CT molecular complexity index is 2240. The van der Waals surface area contributed by atoms with Crippen LogP contribution in [0.4, 0.5) is 34.8 Å². The number of thiazole rings is 1. The van der Waals surface area contributed by atoms with Crippen LogP contribution in [0.2, 0.25) is 0 Å². The van der Waals surface area contributed by atoms with E-state index in [1.54, 1.807) is 31.0 Å². The Kier molecular flexibility index (Phi) is 13.3. The van der Waals surface area contributed by atoms with Crippen molar-refractivity contribution in [3.8, 4) is 11.2 Å². The first-order chi connectivity index (χ1) is 25.9. The van der Waals surface area contributed by atoms with Crippen LogP contribution in [0.1, 0.15) is 47.7 Å². The molecule has 0 spiro atoms. The fraction of sp³-hybridized carbons (Fsp3) is 0.417. The number of methoxy groups -OCH3 is 2. The minimum absolute atomic E-state index is 0.0910. The molecule has 0 atom stereocenters. The standard InChI is InChI=1S/C36H46N12O4S2/c1-9-28-26(21-37)32(46-48(28)36-40-27-20-25(12-13-29(27)53-36)54(49,50)47(5)6)45-44-31-33(38-14-10-16-51-7)42-35(43-34(31)39-15-11-17-52-8)41-30-23(3)18-22(2)19-24(30)4/h12-13,18-20H,9-11,14-17H2,1-8H3,(H3,38,39,41,42,43). The van der Waals surface area contributed by atoms with Crippen LogP contribution in [0, 0.1) is 32.1 Å². The summed E-state index contributed by atoms with van der Waals surface area (Å²) >= 11 is 1.32. The second kappa shape index (κ2) is 17.8. The predicted octanol–water partition coefficient (Wildman–Crippen LogP) is 6.94. The number of aromatic nitrogens is 5. The summed E-state index contributed by atoms with van der Waals surface area (Å²) < 4.78 is 39.6. The molecule has 0 radical (unpaired) electrons. The zero-order valence-corrected chi connectivity index (χ0v) is 33.4. The number of hydrogen-bond donors (Lipinski definition) is 3. The van der Waals surface area contributed by atoms with Crippen LogP contribution in [0.3, 0.4) is 0 Å². The summed E-state index contributed by atoms with van der Waals surface area (Å²) in [6.45, 7) is 10.2. The van der Waals surface area contributed by atoms with Gasteiger partial charge in [0.15, 0.2) is 17.3 Å². The van der Waals surface area contributed by atoms with Crippen molar-refractivity contribution in [2.45, 2.75) is 51.9 Å². The number of rotatable bonds is 18. The molecular weight excluding hydrogens is 729 g/mol. The molecular formula is C36H46N12O4S2. The Morgan fingerprint density at radius 2 is 1.57 bits per heavy atom. The summed E-state index contributed by atoms with van der Waals surface area (Å²) in [6.07, 6.45) is 1.86. The van der Waals surface area contributed by atoms with Crippen molar-refractivity contribution in [3.05, 3.63) is 58.3 Å². The number of fused-ring (bicyclic) bond motifs is 1. The van der Waals surface area contributed by atoms with Gasteiger partial charge in [-0.25, -0.2) is 22.4 Å². The van der Waals surface area contributed by atoms with Gasteiger partial charge in [0.2, 0.25) is 26.9 Å². The summed E-state index contributed by atoms with van der Waals surface area (Å²) in [5.74, 6) is 1.30. The van der Waals surface area contributed by atoms with E-state index in [1.807, 2.05) is 20.8 Å². The molecule has 0 amide bonds. The molecule has 5 rings (SSSR count). The second-order valence-electron chi connectivity index (χ2n) is 12.7. The molecule has 0 saturated heterocycles. The maximum Gasteiger partial charge on any atom is 0.242 e. The van der Waals surface area contributed by atoms with Gasteiger partial charge in [-0.05, 0) is 69.4 Å². The molecule has 0 bridgehead atoms. The van der Waals surface area contributed by atoms with Crippen LogP contribution >= 0.6 is 11.3 Å². The van der Waals surface area contributed by atoms with Crippen LogP contribution in [-0.2, 0) is 25.9 Å². The fourth-order valence-corrected chi connectivity index (χ4v) is 7.60. The Balaban J connectivity index is 1.59. The van der Waals surface area contributed by atoms with E-state index in [2.05, 4.69) is 51.3 Å². The number of nitriles is 1. The summed E-state index contributed by atoms with van der Waals surface area (Å²) in [5, 5.41) is 34.8. The molecule has 2 aromatic carbocycles. The smallest absolute Gasteiger partial charge is 0.242 e. The molecule has 18 heteroatoms. The van der Waals surface area contributed by atoms with Gasteiger partial charge in [0, 0.05) is 60.3 Å². The molecule has 0 saturated carbocycles. The number of azo groups is 1. The Hall–Kier alpha value is -5.06. The van der Waals surface area contributed by atoms with Crippen LogP contribution in [0.15, 0.2) is 45.5 Å². The number of anilines is 4. The lowest BCUT2D eigenvalue weighted by atomic mass is 10.1. The van der Waals surface area contributed by atoms with Gasteiger partial charge in [0.1, 0.15) is 11.6 Å². The second-order valence-corrected chi connectivity index (χ2v) is 15.8. The van der Waals surface area contributed by atoms with Gasteiger partial charge >= 0.3 is 0 Å². The van der Waals surface area contributed by atoms with Crippen LogP contribution in [0.25, 0.3) is 15.3 Å². The van der Waals surface area contributed by atoms with Crippen LogP contribution < -0.4 is 16.0 Å². The number of nitrogens with one attached hydrogen (secondary N) is 3. The molecule has 3 N–H and O–H groups in total. The van der Waals surface area contributed by atoms with E-state index >= 15 is 0 Å². The van der Waals surface area contributed by atoms with Crippen molar-refractivity contribution in [2.75, 3.05) is 70.6 Å². The van der Waals surface area contributed by atoms with E-state index < -0.39 is 10.0 Å². The first kappa shape index (κ1) is 40.1. The van der Waals surface area contributed by atoms with Gasteiger partial charge in [0.25, 0.3) is 0 Å². The van der Waals surface area contributed by atoms with Crippen LogP contribution in [-0.4, -0.2) is 92.1 Å². The third-order valence-corrected chi connectivity index (χ3v) is 11.2. The summed E-state index contributed by atoms with van der Waals surface area (Å²) in [4.78, 5) is 14.5. The van der Waals surface area contributed by atoms with E-state index in [9.17, 15) is 13.7 Å². The molecule has 3 heterocycles. The predicted molar refractivity (Wildman–Crippen MR) is 212 cm³/mol. The highest BCUT2D eigenvalue weighted by molar-refractivity contribution is 7.89. The molecule has 0 aliphatic heterocycles. The summed E-state index contributed by atoms with van der Waals surface area (Å²) in [6, 6.07) is 11.3. The lowest BCUT2D eigenvalue weighted by molar-refractivity contribution is 0.197. The lowest BCUT2D eigenvalue weighted by Crippen LogP contribution is -2.22. The maximum atomic E-state index is 12.8. The van der Waals surface area contributed by atoms with E-state index in [-0.39, 0.29) is 16.3 Å². The number of hydrogen-bond acceptors (Lipinski definition) is 15. The fourth-order valence-electron chi connectivity index (χ4n) is 5.75. The molecule has 3 aromatic heterocycles. The van der Waals surface area contributed by atoms with Crippen LogP contribution in [0.5, 0.6) is 0 Å². The quantitative estimate of drug-likeness (QED) is 0.0614. The number of benzene rings is 2. The number of aryl methyl sites for hydroxylation is 3. The SMILES string of the molecule is CCc1c(C#N)c(N=Nc2c(NCCCOC)nc(Nc3c(C)cc(C)cc3C)nc2NCCCOC)nn1-c1nc2cc(S(=O)(=O)N(C)C)ccc2s1. The van der Waals surface area contributed by atoms with Gasteiger partial charge in [-0.3, -0.25) is 0 Å². The highest BCUT2D eigenvalue weighted by Crippen LogP contribution is 2.37. The van der Waals surface area contributed by atoms with Crippen molar-refractivity contribution < 1.29 is 17.9 Å². The first-order valence-electron chi connectivity index (χ1n) is 17.4. The first-order valence-corrected chi connectivity index (χ1v) is 19.7. The average molecular weight is 775 g/mol. The van der Waals surface area contributed by atoms with Crippen molar-refractivity contribution in [3.63, 3.8) is 0 Å². The zero-order chi connectivity index (χ0) is 39.0. The van der Waals surface area contributed by atoms with E-state index in [0.29, 0.717) is 85.2 Å². The Morgan fingerprint density at radius 3 is 2.13 bits per heavy atom. The normalized spacial score (nSPS) is 11.9. The largest absolute Gasteiger partial charge is 0.385 e. The van der Waals surface area contributed by atoms with Gasteiger partial charge in [0.05, 0.1) is 20.8 Å². The molecule has 54 heavy (non-hydrogen) atoms. The zero-order valence-electron chi connectivity index (χ0n) is 31.8. The van der Waals surface area contributed by atoms with Crippen molar-refractivity contribution >= 4 is 66.4 Å². The molecule has 0 unspecified atom stereocenters. The molecule has 16 nitrogen and oxygen atoms in total. The molecule has 0 aliphatic carbocycles. The minimum Gasteiger partial charge on any atom is -0.385 e. The van der Waals surface area contributed by atoms with Gasteiger partial charge in [-0.1, -0.05) is 36.0 Å². The van der Waals surface area contributed by atoms with Crippen molar-refractivity contribution in [1.29, 1.82) is 5.26 Å². The van der Waals surface area contributed by atoms with Gasteiger partial charge < -0.3 is 25.4 Å². The summed E-state index contributed by atoms with van der Waals surface area (Å²) in [7, 11) is 2.60. The highest BCUT2D eigenvalue weighted by atomic mass is 32.2. The molecule has 0 fully saturated rings. The molecule has 5 aromatic rings. The van der Waals surface area contributed by atoms with Gasteiger partial charge in [-0.2, -0.15) is 15.2 Å². The maximum absolute atomic E-state index is 12.8. The minimum atomic E-state index is -3.66. The van der Waals surface area contributed by atoms with Crippen molar-refractivity contribution in [2.24, 2.45) is 10.2 Å².